The van der Waals surface area contributed by atoms with Crippen LogP contribution in [0.4, 0.5) is 16.2 Å². The topological polar surface area (TPSA) is 68.2 Å². The number of anilines is 2. The first-order valence-electron chi connectivity index (χ1n) is 6.47. The van der Waals surface area contributed by atoms with Crippen LogP contribution < -0.4 is 15.4 Å². The average Bonchev–Trinajstić information content (AvgIpc) is 2.77. The van der Waals surface area contributed by atoms with Crippen molar-refractivity contribution in [2.24, 2.45) is 7.05 Å². The first-order chi connectivity index (χ1) is 9.94. The monoisotopic (exact) mass is 308 g/mol. The van der Waals surface area contributed by atoms with Crippen LogP contribution in [0, 0.1) is 0 Å². The molecule has 0 aliphatic heterocycles. The van der Waals surface area contributed by atoms with Crippen LogP contribution in [0.3, 0.4) is 0 Å². The van der Waals surface area contributed by atoms with Gasteiger partial charge in [-0.2, -0.15) is 5.10 Å². The van der Waals surface area contributed by atoms with E-state index in [0.29, 0.717) is 22.1 Å². The molecule has 0 bridgehead atoms. The van der Waals surface area contributed by atoms with Gasteiger partial charge in [0.05, 0.1) is 28.7 Å². The Kier molecular flexibility index (Phi) is 4.70. The summed E-state index contributed by atoms with van der Waals surface area (Å²) in [5, 5.41) is 9.71. The molecule has 0 saturated heterocycles. The molecule has 6 nitrogen and oxygen atoms in total. The summed E-state index contributed by atoms with van der Waals surface area (Å²) in [4.78, 5) is 11.9. The van der Waals surface area contributed by atoms with Crippen molar-refractivity contribution in [3.8, 4) is 5.75 Å². The van der Waals surface area contributed by atoms with Gasteiger partial charge >= 0.3 is 6.03 Å². The molecule has 0 spiro atoms. The van der Waals surface area contributed by atoms with Gasteiger partial charge in [0.1, 0.15) is 5.75 Å². The number of nitrogens with zero attached hydrogens (tertiary/aromatic N) is 2. The molecule has 2 N–H and O–H groups in total. The summed E-state index contributed by atoms with van der Waals surface area (Å²) in [6.45, 7) is 3.86. The molecule has 1 heterocycles. The number of hydrogen-bond donors (Lipinski definition) is 2. The molecule has 0 atom stereocenters. The minimum absolute atomic E-state index is 0.0637. The van der Waals surface area contributed by atoms with Crippen molar-refractivity contribution in [3.05, 3.63) is 35.6 Å². The second kappa shape index (κ2) is 6.49. The van der Waals surface area contributed by atoms with Crippen molar-refractivity contribution >= 4 is 29.0 Å². The second-order valence-electron chi connectivity index (χ2n) is 4.79. The van der Waals surface area contributed by atoms with Gasteiger partial charge in [-0.05, 0) is 26.0 Å². The van der Waals surface area contributed by atoms with E-state index in [9.17, 15) is 4.79 Å². The third-order valence-electron chi connectivity index (χ3n) is 2.52. The molecule has 1 aromatic carbocycles. The highest BCUT2D eigenvalue weighted by atomic mass is 35.5. The summed E-state index contributed by atoms with van der Waals surface area (Å²) in [7, 11) is 1.77. The van der Waals surface area contributed by atoms with E-state index in [4.69, 9.17) is 16.3 Å². The maximum Gasteiger partial charge on any atom is 0.323 e. The largest absolute Gasteiger partial charge is 0.491 e. The number of carbonyl (C=O) groups excluding carboxylic acids is 1. The normalized spacial score (nSPS) is 10.5. The van der Waals surface area contributed by atoms with E-state index >= 15 is 0 Å². The van der Waals surface area contributed by atoms with E-state index < -0.39 is 0 Å². The van der Waals surface area contributed by atoms with Crippen LogP contribution in [0.2, 0.25) is 5.02 Å². The molecular weight excluding hydrogens is 292 g/mol. The molecule has 0 aliphatic carbocycles. The Hall–Kier alpha value is -2.21. The van der Waals surface area contributed by atoms with E-state index in [1.165, 1.54) is 0 Å². The molecule has 2 rings (SSSR count). The van der Waals surface area contributed by atoms with Gasteiger partial charge in [-0.25, -0.2) is 4.79 Å². The van der Waals surface area contributed by atoms with Crippen molar-refractivity contribution < 1.29 is 9.53 Å². The lowest BCUT2D eigenvalue weighted by atomic mass is 10.3. The van der Waals surface area contributed by atoms with Gasteiger partial charge in [-0.15, -0.1) is 0 Å². The number of halogens is 1. The third-order valence-corrected chi connectivity index (χ3v) is 2.84. The lowest BCUT2D eigenvalue weighted by molar-refractivity contribution is 0.242. The summed E-state index contributed by atoms with van der Waals surface area (Å²) in [5.41, 5.74) is 1.11. The first kappa shape index (κ1) is 15.2. The van der Waals surface area contributed by atoms with Crippen LogP contribution in [0.15, 0.2) is 30.6 Å². The fraction of sp³-hybridized carbons (Fsp3) is 0.286. The Bertz CT molecular complexity index is 640. The van der Waals surface area contributed by atoms with E-state index in [-0.39, 0.29) is 12.1 Å². The molecule has 2 aromatic rings. The molecule has 1 aromatic heterocycles. The van der Waals surface area contributed by atoms with Gasteiger partial charge in [0.25, 0.3) is 0 Å². The molecule has 7 heteroatoms. The van der Waals surface area contributed by atoms with Crippen LogP contribution in [-0.2, 0) is 7.05 Å². The van der Waals surface area contributed by atoms with Gasteiger partial charge in [0.15, 0.2) is 0 Å². The molecular formula is C14H17ClN4O2. The van der Waals surface area contributed by atoms with Crippen molar-refractivity contribution in [1.82, 2.24) is 9.78 Å². The maximum atomic E-state index is 11.9. The third kappa shape index (κ3) is 4.39. The number of nitrogens with one attached hydrogen (secondary N) is 2. The predicted octanol–water partition coefficient (Wildman–Crippen LogP) is 3.50. The number of aromatic nitrogens is 2. The van der Waals surface area contributed by atoms with Crippen molar-refractivity contribution in [2.45, 2.75) is 20.0 Å². The molecule has 0 aliphatic rings. The lowest BCUT2D eigenvalue weighted by Gasteiger charge is -2.12. The minimum atomic E-state index is -0.387. The summed E-state index contributed by atoms with van der Waals surface area (Å²) in [6, 6.07) is 4.73. The number of amides is 2. The predicted molar refractivity (Wildman–Crippen MR) is 83.1 cm³/mol. The quantitative estimate of drug-likeness (QED) is 0.908. The highest BCUT2D eigenvalue weighted by Crippen LogP contribution is 2.27. The van der Waals surface area contributed by atoms with Crippen LogP contribution in [-0.4, -0.2) is 21.9 Å². The van der Waals surface area contributed by atoms with Crippen molar-refractivity contribution in [1.29, 1.82) is 0 Å². The number of urea groups is 1. The smallest absolute Gasteiger partial charge is 0.323 e. The van der Waals surface area contributed by atoms with E-state index in [2.05, 4.69) is 15.7 Å². The number of aryl methyl sites for hydroxylation is 1. The Morgan fingerprint density at radius 3 is 2.71 bits per heavy atom. The number of rotatable bonds is 4. The Morgan fingerprint density at radius 1 is 1.38 bits per heavy atom. The Morgan fingerprint density at radius 2 is 2.14 bits per heavy atom. The molecule has 112 valence electrons. The number of ether oxygens (including phenoxy) is 1. The van der Waals surface area contributed by atoms with Crippen molar-refractivity contribution in [2.75, 3.05) is 10.6 Å². The van der Waals surface area contributed by atoms with E-state index in [1.54, 1.807) is 42.3 Å². The van der Waals surface area contributed by atoms with E-state index in [1.807, 2.05) is 13.8 Å². The number of benzene rings is 1. The lowest BCUT2D eigenvalue weighted by Crippen LogP contribution is -2.19. The molecule has 0 fully saturated rings. The minimum Gasteiger partial charge on any atom is -0.491 e. The van der Waals surface area contributed by atoms with Crippen LogP contribution in [0.5, 0.6) is 5.75 Å². The standard InChI is InChI=1S/C14H17ClN4O2/c1-9(2)21-11-4-5-13(12(15)6-11)18-14(20)17-10-7-16-19(3)8-10/h4-9H,1-3H3,(H2,17,18,20). The van der Waals surface area contributed by atoms with E-state index in [0.717, 1.165) is 0 Å². The average molecular weight is 309 g/mol. The number of carbonyl (C=O) groups is 1. The highest BCUT2D eigenvalue weighted by Gasteiger charge is 2.08. The van der Waals surface area contributed by atoms with Crippen LogP contribution >= 0.6 is 11.6 Å². The SMILES string of the molecule is CC(C)Oc1ccc(NC(=O)Nc2cnn(C)c2)c(Cl)c1. The zero-order valence-electron chi connectivity index (χ0n) is 12.1. The Labute approximate surface area is 128 Å². The summed E-state index contributed by atoms with van der Waals surface area (Å²) < 4.78 is 7.13. The van der Waals surface area contributed by atoms with Gasteiger partial charge in [-0.3, -0.25) is 4.68 Å². The first-order valence-corrected chi connectivity index (χ1v) is 6.84. The van der Waals surface area contributed by atoms with Gasteiger partial charge in [-0.1, -0.05) is 11.6 Å². The summed E-state index contributed by atoms with van der Waals surface area (Å²) >= 11 is 6.13. The fourth-order valence-corrected chi connectivity index (χ4v) is 1.93. The molecule has 0 unspecified atom stereocenters. The van der Waals surface area contributed by atoms with Gasteiger partial charge in [0, 0.05) is 19.3 Å². The fourth-order valence-electron chi connectivity index (χ4n) is 1.71. The Balaban J connectivity index is 2.00. The number of hydrogen-bond acceptors (Lipinski definition) is 3. The molecule has 2 amide bonds. The zero-order valence-corrected chi connectivity index (χ0v) is 12.8. The highest BCUT2D eigenvalue weighted by molar-refractivity contribution is 6.34. The van der Waals surface area contributed by atoms with Crippen LogP contribution in [0.1, 0.15) is 13.8 Å². The summed E-state index contributed by atoms with van der Waals surface area (Å²) in [6.07, 6.45) is 3.32. The molecule has 0 saturated carbocycles. The summed E-state index contributed by atoms with van der Waals surface area (Å²) in [5.74, 6) is 0.660. The van der Waals surface area contributed by atoms with Gasteiger partial charge < -0.3 is 15.4 Å². The zero-order chi connectivity index (χ0) is 15.4. The molecule has 21 heavy (non-hydrogen) atoms. The van der Waals surface area contributed by atoms with Crippen molar-refractivity contribution in [3.63, 3.8) is 0 Å². The maximum absolute atomic E-state index is 11.9. The second-order valence-corrected chi connectivity index (χ2v) is 5.20. The van der Waals surface area contributed by atoms with Crippen LogP contribution in [0.25, 0.3) is 0 Å². The van der Waals surface area contributed by atoms with Gasteiger partial charge in [0.2, 0.25) is 0 Å². The molecule has 0 radical (unpaired) electrons.